The van der Waals surface area contributed by atoms with Crippen molar-refractivity contribution >= 4 is 19.7 Å². The van der Waals surface area contributed by atoms with E-state index in [0.717, 1.165) is 11.6 Å². The number of rotatable bonds is 3. The molecule has 0 unspecified atom stereocenters. The molecule has 0 aliphatic rings. The smallest absolute Gasteiger partial charge is 0.137 e. The van der Waals surface area contributed by atoms with Gasteiger partial charge in [0.25, 0.3) is 0 Å². The van der Waals surface area contributed by atoms with E-state index in [1.54, 1.807) is 0 Å². The first kappa shape index (κ1) is 16.9. The van der Waals surface area contributed by atoms with Crippen LogP contribution in [0.3, 0.4) is 0 Å². The zero-order valence-corrected chi connectivity index (χ0v) is 15.3. The van der Waals surface area contributed by atoms with Crippen LogP contribution in [0.4, 0.5) is 11.6 Å². The second-order valence-electron chi connectivity index (χ2n) is 7.34. The number of anilines is 2. The number of pyridine rings is 2. The molecule has 2 heterocycles. The minimum atomic E-state index is -0.550. The van der Waals surface area contributed by atoms with E-state index in [9.17, 15) is 0 Å². The van der Waals surface area contributed by atoms with E-state index >= 15 is 0 Å². The average molecular weight is 315 g/mol. The van der Waals surface area contributed by atoms with E-state index in [0.29, 0.717) is 0 Å². The lowest BCUT2D eigenvalue weighted by molar-refractivity contribution is 0.702. The molecular formula is C18H26N3P. The highest BCUT2D eigenvalue weighted by Gasteiger charge is 2.41. The van der Waals surface area contributed by atoms with Crippen molar-refractivity contribution in [2.24, 2.45) is 0 Å². The van der Waals surface area contributed by atoms with Crippen molar-refractivity contribution in [1.29, 1.82) is 0 Å². The molecule has 0 atom stereocenters. The maximum atomic E-state index is 4.61. The lowest BCUT2D eigenvalue weighted by Crippen LogP contribution is -2.34. The van der Waals surface area contributed by atoms with Crippen molar-refractivity contribution < 1.29 is 0 Å². The highest BCUT2D eigenvalue weighted by molar-refractivity contribution is 7.62. The molecule has 4 heteroatoms. The van der Waals surface area contributed by atoms with Crippen LogP contribution in [-0.2, 0) is 0 Å². The zero-order chi connectivity index (χ0) is 16.4. The predicted octanol–water partition coefficient (Wildman–Crippen LogP) is 5.61. The fraction of sp³-hybridized carbons (Fsp3) is 0.444. The Balaban J connectivity index is 2.62. The van der Waals surface area contributed by atoms with Crippen LogP contribution in [0.5, 0.6) is 0 Å². The lowest BCUT2D eigenvalue weighted by Gasteiger charge is -2.47. The van der Waals surface area contributed by atoms with Gasteiger partial charge in [-0.05, 0) is 24.3 Å². The second kappa shape index (κ2) is 6.34. The highest BCUT2D eigenvalue weighted by atomic mass is 31.1. The predicted molar refractivity (Wildman–Crippen MR) is 97.0 cm³/mol. The Morgan fingerprint density at radius 3 is 1.41 bits per heavy atom. The summed E-state index contributed by atoms with van der Waals surface area (Å²) in [5, 5.41) is 0.283. The molecule has 0 bridgehead atoms. The molecule has 2 rings (SSSR count). The van der Waals surface area contributed by atoms with Gasteiger partial charge >= 0.3 is 0 Å². The van der Waals surface area contributed by atoms with Gasteiger partial charge in [0.2, 0.25) is 0 Å². The van der Waals surface area contributed by atoms with Crippen LogP contribution in [-0.4, -0.2) is 20.3 Å². The molecule has 0 saturated carbocycles. The van der Waals surface area contributed by atoms with Gasteiger partial charge in [-0.2, -0.15) is 0 Å². The maximum absolute atomic E-state index is 4.61. The largest absolute Gasteiger partial charge is 0.288 e. The molecule has 118 valence electrons. The average Bonchev–Trinajstić information content (AvgIpc) is 2.44. The lowest BCUT2D eigenvalue weighted by atomic mass is 10.2. The van der Waals surface area contributed by atoms with Crippen LogP contribution in [0.25, 0.3) is 0 Å². The summed E-state index contributed by atoms with van der Waals surface area (Å²) in [6.07, 6.45) is 3.70. The summed E-state index contributed by atoms with van der Waals surface area (Å²) >= 11 is 0. The Hall–Kier alpha value is -1.47. The molecule has 3 nitrogen and oxygen atoms in total. The van der Waals surface area contributed by atoms with Crippen molar-refractivity contribution in [3.05, 3.63) is 48.8 Å². The Morgan fingerprint density at radius 2 is 1.14 bits per heavy atom. The van der Waals surface area contributed by atoms with Crippen LogP contribution >= 0.6 is 8.07 Å². The Morgan fingerprint density at radius 1 is 0.727 bits per heavy atom. The van der Waals surface area contributed by atoms with Crippen molar-refractivity contribution in [2.45, 2.75) is 51.9 Å². The first-order valence-corrected chi connectivity index (χ1v) is 8.93. The molecular weight excluding hydrogens is 289 g/mol. The number of hydrogen-bond donors (Lipinski definition) is 0. The van der Waals surface area contributed by atoms with Crippen molar-refractivity contribution in [3.63, 3.8) is 0 Å². The van der Waals surface area contributed by atoms with Gasteiger partial charge in [0.1, 0.15) is 11.6 Å². The monoisotopic (exact) mass is 315 g/mol. The summed E-state index contributed by atoms with van der Waals surface area (Å²) in [4.78, 5) is 9.21. The standard InChI is InChI=1S/C18H26N3P/c1-17(2,3)22(18(4,5)6)21(15-11-7-9-13-19-15)16-12-8-10-14-20-16/h7-14H,1-6H3. The van der Waals surface area contributed by atoms with Gasteiger partial charge in [0, 0.05) is 30.8 Å². The van der Waals surface area contributed by atoms with Gasteiger partial charge < -0.3 is 0 Å². The molecule has 0 aliphatic heterocycles. The van der Waals surface area contributed by atoms with Crippen LogP contribution < -0.4 is 4.67 Å². The first-order valence-electron chi connectivity index (χ1n) is 7.64. The number of hydrogen-bond acceptors (Lipinski definition) is 3. The molecule has 2 aromatic rings. The molecule has 0 fully saturated rings. The Bertz CT molecular complexity index is 532. The summed E-state index contributed by atoms with van der Waals surface area (Å²) < 4.78 is 2.34. The van der Waals surface area contributed by atoms with E-state index in [1.165, 1.54) is 0 Å². The van der Waals surface area contributed by atoms with Crippen LogP contribution in [0.2, 0.25) is 0 Å². The zero-order valence-electron chi connectivity index (χ0n) is 14.4. The Labute approximate surface area is 135 Å². The third-order valence-corrected chi connectivity index (χ3v) is 6.55. The SMILES string of the molecule is CC(C)(C)P(N(c1ccccn1)c1ccccn1)C(C)(C)C. The first-order chi connectivity index (χ1) is 10.2. The molecule has 0 aromatic carbocycles. The van der Waals surface area contributed by atoms with E-state index in [-0.39, 0.29) is 10.3 Å². The molecule has 0 aliphatic carbocycles. The summed E-state index contributed by atoms with van der Waals surface area (Å²) in [5.41, 5.74) is 0. The summed E-state index contributed by atoms with van der Waals surface area (Å²) in [5.74, 6) is 1.94. The Kier molecular flexibility index (Phi) is 4.87. The minimum absolute atomic E-state index is 0.141. The summed E-state index contributed by atoms with van der Waals surface area (Å²) in [6.45, 7) is 13.9. The minimum Gasteiger partial charge on any atom is -0.288 e. The van der Waals surface area contributed by atoms with E-state index in [2.05, 4.69) is 68.3 Å². The molecule has 0 radical (unpaired) electrons. The van der Waals surface area contributed by atoms with E-state index in [1.807, 2.05) is 36.7 Å². The van der Waals surface area contributed by atoms with Gasteiger partial charge in [-0.3, -0.25) is 4.67 Å². The van der Waals surface area contributed by atoms with Crippen LogP contribution in [0.1, 0.15) is 41.5 Å². The third-order valence-electron chi connectivity index (χ3n) is 3.20. The van der Waals surface area contributed by atoms with E-state index < -0.39 is 8.07 Å². The molecule has 22 heavy (non-hydrogen) atoms. The molecule has 0 spiro atoms. The van der Waals surface area contributed by atoms with Crippen LogP contribution in [0, 0.1) is 0 Å². The quantitative estimate of drug-likeness (QED) is 0.689. The second-order valence-corrected chi connectivity index (χ2v) is 11.0. The van der Waals surface area contributed by atoms with E-state index in [4.69, 9.17) is 0 Å². The normalized spacial score (nSPS) is 12.5. The number of nitrogens with zero attached hydrogens (tertiary/aromatic N) is 3. The third kappa shape index (κ3) is 3.84. The maximum Gasteiger partial charge on any atom is 0.137 e. The van der Waals surface area contributed by atoms with Crippen molar-refractivity contribution in [2.75, 3.05) is 4.67 Å². The van der Waals surface area contributed by atoms with Crippen molar-refractivity contribution in [1.82, 2.24) is 9.97 Å². The summed E-state index contributed by atoms with van der Waals surface area (Å²) in [7, 11) is -0.550. The fourth-order valence-corrected chi connectivity index (χ4v) is 6.75. The fourth-order valence-electron chi connectivity index (χ4n) is 2.89. The van der Waals surface area contributed by atoms with Gasteiger partial charge in [-0.15, -0.1) is 0 Å². The molecule has 0 saturated heterocycles. The van der Waals surface area contributed by atoms with Crippen LogP contribution in [0.15, 0.2) is 48.8 Å². The molecule has 0 amide bonds. The van der Waals surface area contributed by atoms with Crippen molar-refractivity contribution in [3.8, 4) is 0 Å². The van der Waals surface area contributed by atoms with Gasteiger partial charge in [-0.25, -0.2) is 9.97 Å². The number of aromatic nitrogens is 2. The highest BCUT2D eigenvalue weighted by Crippen LogP contribution is 2.64. The van der Waals surface area contributed by atoms with Gasteiger partial charge in [0.05, 0.1) is 0 Å². The van der Waals surface area contributed by atoms with Gasteiger partial charge in [0.15, 0.2) is 0 Å². The topological polar surface area (TPSA) is 29.0 Å². The molecule has 0 N–H and O–H groups in total. The summed E-state index contributed by atoms with van der Waals surface area (Å²) in [6, 6.07) is 12.1. The van der Waals surface area contributed by atoms with Gasteiger partial charge in [-0.1, -0.05) is 53.7 Å². The molecule has 2 aromatic heterocycles.